The van der Waals surface area contributed by atoms with E-state index in [1.165, 1.54) is 11.8 Å². The van der Waals surface area contributed by atoms with E-state index in [-0.39, 0.29) is 23.5 Å². The first-order valence-corrected chi connectivity index (χ1v) is 8.21. The summed E-state index contributed by atoms with van der Waals surface area (Å²) in [6, 6.07) is 0. The molecule has 118 valence electrons. The van der Waals surface area contributed by atoms with Crippen LogP contribution in [0.25, 0.3) is 0 Å². The molecule has 2 N–H and O–H groups in total. The summed E-state index contributed by atoms with van der Waals surface area (Å²) in [6.07, 6.45) is 2.04. The van der Waals surface area contributed by atoms with Crippen LogP contribution in [-0.2, 0) is 16.1 Å². The van der Waals surface area contributed by atoms with Crippen LogP contribution in [-0.4, -0.2) is 45.7 Å². The number of nitrogens with zero attached hydrogens (tertiary/aromatic N) is 2. The highest BCUT2D eigenvalue weighted by atomic mass is 32.2. The number of nitrogens with one attached hydrogen (secondary N) is 2. The maximum Gasteiger partial charge on any atom is 0.344 e. The molecule has 8 heteroatoms. The first-order valence-electron chi connectivity index (χ1n) is 7.22. The Kier molecular flexibility index (Phi) is 5.86. The third-order valence-corrected chi connectivity index (χ3v) is 4.15. The van der Waals surface area contributed by atoms with Crippen LogP contribution in [0, 0.1) is 5.92 Å². The molecule has 1 aromatic heterocycles. The van der Waals surface area contributed by atoms with Crippen molar-refractivity contribution in [2.24, 2.45) is 5.92 Å². The summed E-state index contributed by atoms with van der Waals surface area (Å²) in [5, 5.41) is 9.79. The van der Waals surface area contributed by atoms with Gasteiger partial charge in [-0.2, -0.15) is 0 Å². The number of hydrogen-bond acceptors (Lipinski definition) is 5. The minimum atomic E-state index is -0.254. The third kappa shape index (κ3) is 4.89. The van der Waals surface area contributed by atoms with Gasteiger partial charge in [0, 0.05) is 13.2 Å². The molecule has 2 heterocycles. The average molecular weight is 314 g/mol. The first kappa shape index (κ1) is 16.1. The molecule has 1 aliphatic rings. The molecule has 1 saturated heterocycles. The molecule has 0 aromatic carbocycles. The lowest BCUT2D eigenvalue weighted by Gasteiger charge is -2.11. The zero-order chi connectivity index (χ0) is 15.2. The molecule has 7 nitrogen and oxygen atoms in total. The molecule has 0 saturated carbocycles. The summed E-state index contributed by atoms with van der Waals surface area (Å²) < 4.78 is 7.09. The van der Waals surface area contributed by atoms with E-state index in [1.54, 1.807) is 4.57 Å². The third-order valence-electron chi connectivity index (χ3n) is 3.17. The molecule has 0 aliphatic carbocycles. The summed E-state index contributed by atoms with van der Waals surface area (Å²) >= 11 is 1.26. The van der Waals surface area contributed by atoms with Crippen molar-refractivity contribution in [2.75, 3.05) is 18.9 Å². The highest BCUT2D eigenvalue weighted by Gasteiger charge is 2.20. The number of hydrogen-bond donors (Lipinski definition) is 2. The molecule has 21 heavy (non-hydrogen) atoms. The van der Waals surface area contributed by atoms with Crippen molar-refractivity contribution in [3.8, 4) is 0 Å². The van der Waals surface area contributed by atoms with E-state index < -0.39 is 0 Å². The smallest absolute Gasteiger partial charge is 0.344 e. The van der Waals surface area contributed by atoms with E-state index in [1.807, 2.05) is 13.8 Å². The largest absolute Gasteiger partial charge is 0.376 e. The van der Waals surface area contributed by atoms with Gasteiger partial charge in [-0.05, 0) is 18.8 Å². The van der Waals surface area contributed by atoms with Crippen molar-refractivity contribution in [3.05, 3.63) is 10.5 Å². The van der Waals surface area contributed by atoms with Crippen LogP contribution >= 0.6 is 11.8 Å². The first-order chi connectivity index (χ1) is 10.1. The minimum Gasteiger partial charge on any atom is -0.376 e. The zero-order valence-electron chi connectivity index (χ0n) is 12.4. The van der Waals surface area contributed by atoms with E-state index in [0.717, 1.165) is 19.4 Å². The monoisotopic (exact) mass is 314 g/mol. The normalized spacial score (nSPS) is 18.3. The molecular formula is C13H22N4O3S. The minimum absolute atomic E-state index is 0.0483. The Bertz CT molecular complexity index is 520. The Morgan fingerprint density at radius 3 is 3.10 bits per heavy atom. The fraction of sp³-hybridized carbons (Fsp3) is 0.769. The van der Waals surface area contributed by atoms with Gasteiger partial charge < -0.3 is 10.1 Å². The molecular weight excluding hydrogens is 292 g/mol. The summed E-state index contributed by atoms with van der Waals surface area (Å²) in [6.45, 7) is 5.98. The van der Waals surface area contributed by atoms with Gasteiger partial charge in [0.15, 0.2) is 5.16 Å². The van der Waals surface area contributed by atoms with E-state index in [4.69, 9.17) is 4.74 Å². The number of thioether (sulfide) groups is 1. The SMILES string of the molecule is CC(C)CNC(=O)CSc1n[nH]c(=O)n1C[C@@H]1CCCO1. The topological polar surface area (TPSA) is 89.0 Å². The number of carbonyl (C=O) groups is 1. The summed E-state index contributed by atoms with van der Waals surface area (Å²) in [5.41, 5.74) is -0.254. The van der Waals surface area contributed by atoms with Crippen molar-refractivity contribution in [1.82, 2.24) is 20.1 Å². The fourth-order valence-electron chi connectivity index (χ4n) is 2.07. The van der Waals surface area contributed by atoms with Crippen LogP contribution in [0.3, 0.4) is 0 Å². The van der Waals surface area contributed by atoms with Crippen molar-refractivity contribution >= 4 is 17.7 Å². The van der Waals surface area contributed by atoms with Gasteiger partial charge in [-0.15, -0.1) is 5.10 Å². The molecule has 0 spiro atoms. The Morgan fingerprint density at radius 1 is 1.62 bits per heavy atom. The van der Waals surface area contributed by atoms with Crippen molar-refractivity contribution < 1.29 is 9.53 Å². The highest BCUT2D eigenvalue weighted by Crippen LogP contribution is 2.17. The van der Waals surface area contributed by atoms with E-state index >= 15 is 0 Å². The van der Waals surface area contributed by atoms with Gasteiger partial charge in [0.05, 0.1) is 18.4 Å². The lowest BCUT2D eigenvalue weighted by molar-refractivity contribution is -0.118. The lowest BCUT2D eigenvalue weighted by Crippen LogP contribution is -2.29. The standard InChI is InChI=1S/C13H22N4O3S/c1-9(2)6-14-11(18)8-21-13-16-15-12(19)17(13)7-10-4-3-5-20-10/h9-10H,3-8H2,1-2H3,(H,14,18)(H,15,19)/t10-/m0/s1. The second-order valence-electron chi connectivity index (χ2n) is 5.54. The molecule has 0 unspecified atom stereocenters. The van der Waals surface area contributed by atoms with Gasteiger partial charge >= 0.3 is 5.69 Å². The van der Waals surface area contributed by atoms with Gasteiger partial charge in [0.25, 0.3) is 0 Å². The van der Waals surface area contributed by atoms with E-state index in [9.17, 15) is 9.59 Å². The maximum atomic E-state index is 11.8. The van der Waals surface area contributed by atoms with Gasteiger partial charge in [-0.1, -0.05) is 25.6 Å². The van der Waals surface area contributed by atoms with Crippen LogP contribution in [0.1, 0.15) is 26.7 Å². The van der Waals surface area contributed by atoms with Gasteiger partial charge in [0.1, 0.15) is 0 Å². The predicted molar refractivity (Wildman–Crippen MR) is 80.4 cm³/mol. The Morgan fingerprint density at radius 2 is 2.43 bits per heavy atom. The summed E-state index contributed by atoms with van der Waals surface area (Å²) in [4.78, 5) is 23.5. The number of amides is 1. The average Bonchev–Trinajstić information content (AvgIpc) is 3.06. The molecule has 1 aliphatic heterocycles. The second kappa shape index (κ2) is 7.65. The Balaban J connectivity index is 1.88. The number of carbonyl (C=O) groups excluding carboxylic acids is 1. The molecule has 2 rings (SSSR count). The number of rotatable bonds is 7. The maximum absolute atomic E-state index is 11.8. The molecule has 1 aromatic rings. The van der Waals surface area contributed by atoms with Gasteiger partial charge in [-0.25, -0.2) is 9.89 Å². The fourth-order valence-corrected chi connectivity index (χ4v) is 2.85. The zero-order valence-corrected chi connectivity index (χ0v) is 13.2. The molecule has 0 radical (unpaired) electrons. The van der Waals surface area contributed by atoms with E-state index in [0.29, 0.717) is 24.2 Å². The van der Waals surface area contributed by atoms with Crippen LogP contribution in [0.15, 0.2) is 9.95 Å². The number of aromatic amines is 1. The summed E-state index contributed by atoms with van der Waals surface area (Å²) in [5.74, 6) is 0.623. The molecule has 1 amide bonds. The quantitative estimate of drug-likeness (QED) is 0.720. The van der Waals surface area contributed by atoms with Crippen LogP contribution in [0.4, 0.5) is 0 Å². The predicted octanol–water partition coefficient (Wildman–Crippen LogP) is 0.615. The van der Waals surface area contributed by atoms with Crippen molar-refractivity contribution in [1.29, 1.82) is 0 Å². The number of H-pyrrole nitrogens is 1. The molecule has 1 atom stereocenters. The Hall–Kier alpha value is -1.28. The molecule has 0 bridgehead atoms. The van der Waals surface area contributed by atoms with Gasteiger partial charge in [0.2, 0.25) is 5.91 Å². The van der Waals surface area contributed by atoms with Crippen LogP contribution in [0.2, 0.25) is 0 Å². The highest BCUT2D eigenvalue weighted by molar-refractivity contribution is 7.99. The van der Waals surface area contributed by atoms with E-state index in [2.05, 4.69) is 15.5 Å². The van der Waals surface area contributed by atoms with Crippen LogP contribution in [0.5, 0.6) is 0 Å². The van der Waals surface area contributed by atoms with Crippen molar-refractivity contribution in [3.63, 3.8) is 0 Å². The summed E-state index contributed by atoms with van der Waals surface area (Å²) in [7, 11) is 0. The second-order valence-corrected chi connectivity index (χ2v) is 6.49. The van der Waals surface area contributed by atoms with Crippen molar-refractivity contribution in [2.45, 2.75) is 44.5 Å². The number of aromatic nitrogens is 3. The molecule has 1 fully saturated rings. The Labute approximate surface area is 127 Å². The van der Waals surface area contributed by atoms with Gasteiger partial charge in [-0.3, -0.25) is 9.36 Å². The number of ether oxygens (including phenoxy) is 1. The lowest BCUT2D eigenvalue weighted by atomic mass is 10.2. The van der Waals surface area contributed by atoms with Crippen LogP contribution < -0.4 is 11.0 Å².